The molecule has 0 aliphatic rings. The van der Waals surface area contributed by atoms with Crippen molar-refractivity contribution in [1.29, 1.82) is 0 Å². The molecule has 1 rings (SSSR count). The van der Waals surface area contributed by atoms with Crippen LogP contribution in [0, 0.1) is 5.41 Å². The van der Waals surface area contributed by atoms with E-state index in [1.807, 2.05) is 26.8 Å². The lowest BCUT2D eigenvalue weighted by molar-refractivity contribution is -0.142. The molecule has 3 N–H and O–H groups in total. The van der Waals surface area contributed by atoms with Crippen molar-refractivity contribution >= 4 is 17.8 Å². The number of hydrogen-bond donors (Lipinski definition) is 3. The van der Waals surface area contributed by atoms with Crippen LogP contribution >= 0.6 is 0 Å². The van der Waals surface area contributed by atoms with Crippen molar-refractivity contribution in [3.05, 3.63) is 35.4 Å². The molecule has 0 aliphatic carbocycles. The number of carboxylic acids is 1. The van der Waals surface area contributed by atoms with E-state index < -0.39 is 12.0 Å². The summed E-state index contributed by atoms with van der Waals surface area (Å²) in [4.78, 5) is 35.0. The first-order chi connectivity index (χ1) is 11.6. The third-order valence-corrected chi connectivity index (χ3v) is 3.87. The first-order valence-corrected chi connectivity index (χ1v) is 8.45. The zero-order valence-electron chi connectivity index (χ0n) is 15.4. The fraction of sp³-hybridized carbons (Fsp3) is 0.526. The highest BCUT2D eigenvalue weighted by Gasteiger charge is 2.22. The van der Waals surface area contributed by atoms with Crippen LogP contribution in [0.3, 0.4) is 0 Å². The van der Waals surface area contributed by atoms with E-state index in [1.165, 1.54) is 0 Å². The van der Waals surface area contributed by atoms with Crippen molar-refractivity contribution in [1.82, 2.24) is 10.6 Å². The molecule has 0 saturated carbocycles. The van der Waals surface area contributed by atoms with Gasteiger partial charge in [-0.2, -0.15) is 0 Å². The summed E-state index contributed by atoms with van der Waals surface area (Å²) in [6.45, 7) is 6.10. The molecule has 0 bridgehead atoms. The van der Waals surface area contributed by atoms with Gasteiger partial charge < -0.3 is 15.7 Å². The van der Waals surface area contributed by atoms with Crippen LogP contribution < -0.4 is 10.6 Å². The van der Waals surface area contributed by atoms with E-state index in [4.69, 9.17) is 0 Å². The van der Waals surface area contributed by atoms with Crippen molar-refractivity contribution in [3.63, 3.8) is 0 Å². The van der Waals surface area contributed by atoms with E-state index in [0.717, 1.165) is 5.56 Å². The largest absolute Gasteiger partial charge is 0.480 e. The second-order valence-electron chi connectivity index (χ2n) is 7.34. The topological polar surface area (TPSA) is 95.5 Å². The number of hydrogen-bond acceptors (Lipinski definition) is 3. The van der Waals surface area contributed by atoms with E-state index in [-0.39, 0.29) is 23.7 Å². The molecule has 0 radical (unpaired) electrons. The van der Waals surface area contributed by atoms with E-state index in [9.17, 15) is 19.5 Å². The highest BCUT2D eigenvalue weighted by atomic mass is 16.4. The predicted molar refractivity (Wildman–Crippen MR) is 96.4 cm³/mol. The molecule has 1 aromatic carbocycles. The second-order valence-corrected chi connectivity index (χ2v) is 7.34. The van der Waals surface area contributed by atoms with Crippen LogP contribution in [0.2, 0.25) is 0 Å². The Balaban J connectivity index is 2.57. The zero-order valence-corrected chi connectivity index (χ0v) is 15.4. The average Bonchev–Trinajstić information content (AvgIpc) is 2.55. The number of amides is 2. The third-order valence-electron chi connectivity index (χ3n) is 3.87. The van der Waals surface area contributed by atoms with Crippen LogP contribution in [0.4, 0.5) is 0 Å². The summed E-state index contributed by atoms with van der Waals surface area (Å²) in [6, 6.07) is 6.18. The fourth-order valence-electron chi connectivity index (χ4n) is 2.37. The number of benzene rings is 1. The maximum absolute atomic E-state index is 12.1. The van der Waals surface area contributed by atoms with E-state index in [0.29, 0.717) is 24.8 Å². The third kappa shape index (κ3) is 7.83. The van der Waals surface area contributed by atoms with Crippen LogP contribution in [-0.2, 0) is 16.0 Å². The normalized spacial score (nSPS) is 12.3. The van der Waals surface area contributed by atoms with Crippen LogP contribution in [0.5, 0.6) is 0 Å². The van der Waals surface area contributed by atoms with E-state index in [2.05, 4.69) is 10.6 Å². The summed E-state index contributed by atoms with van der Waals surface area (Å²) in [7, 11) is 1.56. The summed E-state index contributed by atoms with van der Waals surface area (Å²) in [6.07, 6.45) is 1.73. The summed E-state index contributed by atoms with van der Waals surface area (Å²) in [5.74, 6) is -1.50. The summed E-state index contributed by atoms with van der Waals surface area (Å²) < 4.78 is 0. The molecule has 1 aromatic rings. The molecule has 0 aromatic heterocycles. The van der Waals surface area contributed by atoms with Crippen LogP contribution in [0.15, 0.2) is 24.3 Å². The molecule has 0 spiro atoms. The van der Waals surface area contributed by atoms with Gasteiger partial charge in [0.1, 0.15) is 6.04 Å². The monoisotopic (exact) mass is 348 g/mol. The Bertz CT molecular complexity index is 620. The van der Waals surface area contributed by atoms with Crippen molar-refractivity contribution in [2.24, 2.45) is 5.41 Å². The van der Waals surface area contributed by atoms with Gasteiger partial charge in [0, 0.05) is 19.0 Å². The molecule has 0 fully saturated rings. The van der Waals surface area contributed by atoms with E-state index in [1.54, 1.807) is 25.2 Å². The molecule has 0 saturated heterocycles. The molecule has 2 amide bonds. The van der Waals surface area contributed by atoms with Crippen molar-refractivity contribution in [3.8, 4) is 0 Å². The molecule has 6 heteroatoms. The van der Waals surface area contributed by atoms with Gasteiger partial charge in [0.2, 0.25) is 5.91 Å². The first kappa shape index (κ1) is 20.7. The molecule has 6 nitrogen and oxygen atoms in total. The van der Waals surface area contributed by atoms with Gasteiger partial charge in [0.15, 0.2) is 0 Å². The fourth-order valence-corrected chi connectivity index (χ4v) is 2.37. The quantitative estimate of drug-likeness (QED) is 0.672. The number of aliphatic carboxylic acids is 1. The lowest BCUT2D eigenvalue weighted by atomic mass is 9.88. The minimum absolute atomic E-state index is 0.0126. The maximum Gasteiger partial charge on any atom is 0.326 e. The maximum atomic E-state index is 12.1. The Morgan fingerprint density at radius 2 is 1.88 bits per heavy atom. The van der Waals surface area contributed by atoms with Gasteiger partial charge in [-0.25, -0.2) is 4.79 Å². The SMILES string of the molecule is CNC(=O)c1cccc(CCC(=O)NC(CCC(C)(C)C)C(=O)O)c1. The average molecular weight is 348 g/mol. The minimum atomic E-state index is -1.01. The van der Waals surface area contributed by atoms with Crippen molar-refractivity contribution in [2.45, 2.75) is 52.5 Å². The summed E-state index contributed by atoms with van der Waals surface area (Å²) in [5, 5.41) is 14.4. The van der Waals surface area contributed by atoms with Crippen molar-refractivity contribution in [2.75, 3.05) is 7.05 Å². The smallest absolute Gasteiger partial charge is 0.326 e. The van der Waals surface area contributed by atoms with Gasteiger partial charge in [0.25, 0.3) is 5.91 Å². The van der Waals surface area contributed by atoms with Crippen molar-refractivity contribution < 1.29 is 19.5 Å². The van der Waals surface area contributed by atoms with Gasteiger partial charge in [-0.05, 0) is 42.4 Å². The number of nitrogens with one attached hydrogen (secondary N) is 2. The van der Waals surface area contributed by atoms with Gasteiger partial charge >= 0.3 is 5.97 Å². The molecular weight excluding hydrogens is 320 g/mol. The Labute approximate surface area is 149 Å². The van der Waals surface area contributed by atoms with Crippen LogP contribution in [0.1, 0.15) is 56.0 Å². The van der Waals surface area contributed by atoms with Crippen LogP contribution in [-0.4, -0.2) is 36.0 Å². The molecule has 1 unspecified atom stereocenters. The lowest BCUT2D eigenvalue weighted by Gasteiger charge is -2.21. The highest BCUT2D eigenvalue weighted by Crippen LogP contribution is 2.21. The summed E-state index contributed by atoms with van der Waals surface area (Å²) in [5.41, 5.74) is 1.41. The Kier molecular flexibility index (Phi) is 7.61. The van der Waals surface area contributed by atoms with Gasteiger partial charge in [0.05, 0.1) is 0 Å². The Morgan fingerprint density at radius 1 is 1.20 bits per heavy atom. The molecule has 1 atom stereocenters. The Hall–Kier alpha value is -2.37. The lowest BCUT2D eigenvalue weighted by Crippen LogP contribution is -2.41. The molecule has 25 heavy (non-hydrogen) atoms. The number of carboxylic acid groups (broad SMARTS) is 1. The number of rotatable bonds is 8. The standard InChI is InChI=1S/C19H28N2O4/c1-19(2,3)11-10-15(18(24)25)21-16(22)9-8-13-6-5-7-14(12-13)17(23)20-4/h5-7,12,15H,8-11H2,1-4H3,(H,20,23)(H,21,22)(H,24,25). The number of carbonyl (C=O) groups excluding carboxylic acids is 2. The molecule has 0 aliphatic heterocycles. The van der Waals surface area contributed by atoms with Gasteiger partial charge in [-0.3, -0.25) is 9.59 Å². The van der Waals surface area contributed by atoms with E-state index >= 15 is 0 Å². The number of aryl methyl sites for hydroxylation is 1. The van der Waals surface area contributed by atoms with Gasteiger partial charge in [-0.15, -0.1) is 0 Å². The summed E-state index contributed by atoms with van der Waals surface area (Å²) >= 11 is 0. The zero-order chi connectivity index (χ0) is 19.0. The molecular formula is C19H28N2O4. The number of carbonyl (C=O) groups is 3. The first-order valence-electron chi connectivity index (χ1n) is 8.45. The highest BCUT2D eigenvalue weighted by molar-refractivity contribution is 5.94. The molecule has 138 valence electrons. The minimum Gasteiger partial charge on any atom is -0.480 e. The van der Waals surface area contributed by atoms with Gasteiger partial charge in [-0.1, -0.05) is 32.9 Å². The second kappa shape index (κ2) is 9.20. The predicted octanol–water partition coefficient (Wildman–Crippen LogP) is 2.37. The molecule has 0 heterocycles. The Morgan fingerprint density at radius 3 is 2.44 bits per heavy atom. The van der Waals surface area contributed by atoms with Crippen LogP contribution in [0.25, 0.3) is 0 Å².